The van der Waals surface area contributed by atoms with Crippen LogP contribution in [0.4, 0.5) is 5.69 Å². The summed E-state index contributed by atoms with van der Waals surface area (Å²) < 4.78 is 32.1. The molecule has 1 saturated carbocycles. The van der Waals surface area contributed by atoms with E-state index < -0.39 is 22.0 Å². The molecule has 0 aromatic heterocycles. The Labute approximate surface area is 221 Å². The Morgan fingerprint density at radius 1 is 1.05 bits per heavy atom. The Morgan fingerprint density at radius 3 is 2.27 bits per heavy atom. The fourth-order valence-electron chi connectivity index (χ4n) is 4.86. The average Bonchev–Trinajstić information content (AvgIpc) is 3.39. The Bertz CT molecular complexity index is 1160. The lowest BCUT2D eigenvalue weighted by atomic mass is 10.1. The van der Waals surface area contributed by atoms with Crippen LogP contribution in [-0.4, -0.2) is 57.1 Å². The Hall–Kier alpha value is -3.07. The number of para-hydroxylation sites is 1. The normalized spacial score (nSPS) is 14.7. The zero-order valence-electron chi connectivity index (χ0n) is 22.3. The summed E-state index contributed by atoms with van der Waals surface area (Å²) >= 11 is 0. The Kier molecular flexibility index (Phi) is 9.97. The molecule has 0 saturated heterocycles. The number of nitrogens with zero attached hydrogens (tertiary/aromatic N) is 2. The number of carbonyl (C=O) groups is 2. The van der Waals surface area contributed by atoms with Crippen LogP contribution in [0.2, 0.25) is 0 Å². The lowest BCUT2D eigenvalue weighted by molar-refractivity contribution is -0.140. The molecule has 0 aliphatic heterocycles. The van der Waals surface area contributed by atoms with Gasteiger partial charge in [0.05, 0.1) is 19.1 Å². The van der Waals surface area contributed by atoms with Crippen molar-refractivity contribution >= 4 is 27.5 Å². The third kappa shape index (κ3) is 7.47. The summed E-state index contributed by atoms with van der Waals surface area (Å²) in [5, 5.41) is 3.12. The second-order valence-corrected chi connectivity index (χ2v) is 11.4. The van der Waals surface area contributed by atoms with Crippen LogP contribution in [0.5, 0.6) is 5.75 Å². The molecule has 2 aromatic carbocycles. The molecule has 0 spiro atoms. The van der Waals surface area contributed by atoms with Gasteiger partial charge in [-0.3, -0.25) is 13.9 Å². The van der Waals surface area contributed by atoms with Crippen LogP contribution in [-0.2, 0) is 32.6 Å². The predicted molar refractivity (Wildman–Crippen MR) is 146 cm³/mol. The van der Waals surface area contributed by atoms with Crippen LogP contribution >= 0.6 is 0 Å². The van der Waals surface area contributed by atoms with E-state index in [2.05, 4.69) is 5.32 Å². The number of amides is 2. The van der Waals surface area contributed by atoms with E-state index in [4.69, 9.17) is 4.74 Å². The Balaban J connectivity index is 1.94. The molecular weight excluding hydrogens is 490 g/mol. The van der Waals surface area contributed by atoms with Crippen LogP contribution in [0, 0.1) is 0 Å². The van der Waals surface area contributed by atoms with Gasteiger partial charge in [-0.25, -0.2) is 8.42 Å². The smallest absolute Gasteiger partial charge is 0.244 e. The molecule has 1 fully saturated rings. The monoisotopic (exact) mass is 529 g/mol. The zero-order valence-corrected chi connectivity index (χ0v) is 23.1. The highest BCUT2D eigenvalue weighted by molar-refractivity contribution is 7.92. The Morgan fingerprint density at radius 2 is 1.70 bits per heavy atom. The van der Waals surface area contributed by atoms with Crippen LogP contribution in [0.15, 0.2) is 48.5 Å². The highest BCUT2D eigenvalue weighted by Crippen LogP contribution is 2.25. The van der Waals surface area contributed by atoms with Crippen molar-refractivity contribution in [3.8, 4) is 5.75 Å². The molecule has 0 bridgehead atoms. The summed E-state index contributed by atoms with van der Waals surface area (Å²) in [4.78, 5) is 28.7. The molecular formula is C28H39N3O5S. The number of sulfonamides is 1. The van der Waals surface area contributed by atoms with Gasteiger partial charge in [0.15, 0.2) is 0 Å². The summed E-state index contributed by atoms with van der Waals surface area (Å²) in [6, 6.07) is 13.9. The zero-order chi connectivity index (χ0) is 27.0. The lowest BCUT2D eigenvalue weighted by Crippen LogP contribution is -2.53. The molecule has 202 valence electrons. The van der Waals surface area contributed by atoms with E-state index in [-0.39, 0.29) is 25.0 Å². The molecule has 2 aromatic rings. The molecule has 37 heavy (non-hydrogen) atoms. The lowest BCUT2D eigenvalue weighted by Gasteiger charge is -2.33. The minimum Gasteiger partial charge on any atom is -0.497 e. The maximum Gasteiger partial charge on any atom is 0.244 e. The van der Waals surface area contributed by atoms with Crippen LogP contribution in [0.1, 0.15) is 57.1 Å². The number of aryl methyl sites for hydroxylation is 1. The van der Waals surface area contributed by atoms with Gasteiger partial charge in [0.2, 0.25) is 21.8 Å². The maximum absolute atomic E-state index is 13.9. The van der Waals surface area contributed by atoms with Crippen molar-refractivity contribution in [3.63, 3.8) is 0 Å². The number of anilines is 1. The number of hydrogen-bond acceptors (Lipinski definition) is 5. The second kappa shape index (κ2) is 12.9. The van der Waals surface area contributed by atoms with Gasteiger partial charge in [-0.05, 0) is 55.0 Å². The molecule has 2 amide bonds. The first-order valence-corrected chi connectivity index (χ1v) is 14.8. The molecule has 1 atom stereocenters. The summed E-state index contributed by atoms with van der Waals surface area (Å²) in [6.45, 7) is 3.59. The standard InChI is InChI=1S/C28H39N3O5S/c1-5-22-11-7-10-14-26(22)31(37(4,34)35)20-27(32)30(19-21-15-17-24(36-3)18-16-21)25(6-2)28(33)29-23-12-8-9-13-23/h7,10-11,14-18,23,25H,5-6,8-9,12-13,19-20H2,1-4H3,(H,29,33). The second-order valence-electron chi connectivity index (χ2n) is 9.54. The molecule has 1 N–H and O–H groups in total. The van der Waals surface area contributed by atoms with Crippen molar-refractivity contribution in [1.29, 1.82) is 0 Å². The van der Waals surface area contributed by atoms with Gasteiger partial charge >= 0.3 is 0 Å². The van der Waals surface area contributed by atoms with Gasteiger partial charge in [0.1, 0.15) is 18.3 Å². The molecule has 1 aliphatic carbocycles. The first-order chi connectivity index (χ1) is 17.7. The fourth-order valence-corrected chi connectivity index (χ4v) is 5.74. The summed E-state index contributed by atoms with van der Waals surface area (Å²) in [5.41, 5.74) is 2.13. The van der Waals surface area contributed by atoms with Crippen molar-refractivity contribution in [2.45, 2.75) is 71.0 Å². The largest absolute Gasteiger partial charge is 0.497 e. The van der Waals surface area contributed by atoms with Crippen molar-refractivity contribution in [2.75, 3.05) is 24.2 Å². The molecule has 8 nitrogen and oxygen atoms in total. The number of rotatable bonds is 12. The fraction of sp³-hybridized carbons (Fsp3) is 0.500. The van der Waals surface area contributed by atoms with Gasteiger partial charge in [0.25, 0.3) is 0 Å². The van der Waals surface area contributed by atoms with Crippen molar-refractivity contribution in [1.82, 2.24) is 10.2 Å². The number of nitrogens with one attached hydrogen (secondary N) is 1. The quantitative estimate of drug-likeness (QED) is 0.450. The number of carbonyl (C=O) groups excluding carboxylic acids is 2. The minimum atomic E-state index is -3.76. The van der Waals surface area contributed by atoms with Crippen LogP contribution in [0.3, 0.4) is 0 Å². The van der Waals surface area contributed by atoms with E-state index in [0.29, 0.717) is 24.3 Å². The summed E-state index contributed by atoms with van der Waals surface area (Å²) in [5.74, 6) is 0.0590. The van der Waals surface area contributed by atoms with E-state index in [0.717, 1.165) is 47.4 Å². The maximum atomic E-state index is 13.9. The molecule has 1 unspecified atom stereocenters. The average molecular weight is 530 g/mol. The van der Waals surface area contributed by atoms with Gasteiger partial charge in [-0.2, -0.15) is 0 Å². The summed E-state index contributed by atoms with van der Waals surface area (Å²) in [6.07, 6.45) is 6.16. The van der Waals surface area contributed by atoms with E-state index in [1.54, 1.807) is 31.4 Å². The summed E-state index contributed by atoms with van der Waals surface area (Å²) in [7, 11) is -2.18. The number of ether oxygens (including phenoxy) is 1. The molecule has 9 heteroatoms. The number of methoxy groups -OCH3 is 1. The van der Waals surface area contributed by atoms with Gasteiger partial charge in [-0.1, -0.05) is 57.0 Å². The van der Waals surface area contributed by atoms with Crippen molar-refractivity contribution in [3.05, 3.63) is 59.7 Å². The van der Waals surface area contributed by atoms with Crippen LogP contribution < -0.4 is 14.4 Å². The highest BCUT2D eigenvalue weighted by Gasteiger charge is 2.33. The van der Waals surface area contributed by atoms with E-state index in [9.17, 15) is 18.0 Å². The first kappa shape index (κ1) is 28.5. The molecule has 3 rings (SSSR count). The third-order valence-electron chi connectivity index (χ3n) is 6.92. The van der Waals surface area contributed by atoms with E-state index >= 15 is 0 Å². The van der Waals surface area contributed by atoms with Crippen LogP contribution in [0.25, 0.3) is 0 Å². The predicted octanol–water partition coefficient (Wildman–Crippen LogP) is 3.89. The highest BCUT2D eigenvalue weighted by atomic mass is 32.2. The van der Waals surface area contributed by atoms with Crippen molar-refractivity contribution in [2.24, 2.45) is 0 Å². The molecule has 1 aliphatic rings. The third-order valence-corrected chi connectivity index (χ3v) is 8.05. The SMILES string of the molecule is CCc1ccccc1N(CC(=O)N(Cc1ccc(OC)cc1)C(CC)C(=O)NC1CCCC1)S(C)(=O)=O. The van der Waals surface area contributed by atoms with E-state index in [1.165, 1.54) is 4.90 Å². The molecule has 0 radical (unpaired) electrons. The molecule has 0 heterocycles. The van der Waals surface area contributed by atoms with Crippen molar-refractivity contribution < 1.29 is 22.7 Å². The minimum absolute atomic E-state index is 0.114. The van der Waals surface area contributed by atoms with Gasteiger partial charge in [0, 0.05) is 12.6 Å². The van der Waals surface area contributed by atoms with Gasteiger partial charge < -0.3 is 15.0 Å². The van der Waals surface area contributed by atoms with Gasteiger partial charge in [-0.15, -0.1) is 0 Å². The number of hydrogen-bond donors (Lipinski definition) is 1. The first-order valence-electron chi connectivity index (χ1n) is 13.0. The number of benzene rings is 2. The topological polar surface area (TPSA) is 96.0 Å². The van der Waals surface area contributed by atoms with E-state index in [1.807, 2.05) is 38.1 Å².